The maximum atomic E-state index is 13.7. The number of nitrogens with one attached hydrogen (secondary N) is 1. The van der Waals surface area contributed by atoms with Crippen LogP contribution in [0.4, 0.5) is 18.9 Å². The molecule has 37 heavy (non-hydrogen) atoms. The third kappa shape index (κ3) is 4.62. The van der Waals surface area contributed by atoms with Gasteiger partial charge in [-0.15, -0.1) is 0 Å². The minimum absolute atomic E-state index is 0.156. The number of hydrogen-bond donors (Lipinski definition) is 1. The molecular formula is C27H23F3N4O3. The molecular weight excluding hydrogens is 485 g/mol. The number of ether oxygens (including phenoxy) is 1. The van der Waals surface area contributed by atoms with E-state index in [0.29, 0.717) is 35.0 Å². The molecule has 1 fully saturated rings. The summed E-state index contributed by atoms with van der Waals surface area (Å²) in [5.41, 5.74) is 2.54. The molecule has 1 aliphatic rings. The molecule has 0 unspecified atom stereocenters. The molecule has 2 heterocycles. The van der Waals surface area contributed by atoms with Gasteiger partial charge in [-0.05, 0) is 60.2 Å². The van der Waals surface area contributed by atoms with Crippen molar-refractivity contribution in [2.45, 2.75) is 31.4 Å². The Morgan fingerprint density at radius 2 is 1.81 bits per heavy atom. The van der Waals surface area contributed by atoms with Crippen LogP contribution < -0.4 is 15.0 Å². The van der Waals surface area contributed by atoms with Crippen molar-refractivity contribution in [1.29, 1.82) is 0 Å². The lowest BCUT2D eigenvalue weighted by Crippen LogP contribution is -2.46. The highest BCUT2D eigenvalue weighted by Gasteiger charge is 2.45. The minimum Gasteiger partial charge on any atom is -0.497 e. The summed E-state index contributed by atoms with van der Waals surface area (Å²) in [6.45, 7) is 0.518. The van der Waals surface area contributed by atoms with Gasteiger partial charge in [-0.1, -0.05) is 12.1 Å². The van der Waals surface area contributed by atoms with Crippen LogP contribution in [0.15, 0.2) is 72.9 Å². The first-order valence-corrected chi connectivity index (χ1v) is 11.5. The third-order valence-corrected chi connectivity index (χ3v) is 6.37. The van der Waals surface area contributed by atoms with Crippen LogP contribution in [0.25, 0.3) is 16.6 Å². The molecule has 0 spiro atoms. The van der Waals surface area contributed by atoms with Crippen molar-refractivity contribution in [1.82, 2.24) is 15.1 Å². The SMILES string of the molecule is COc1cccc([C@@H]2[C@@H](NC(=O)C(C)(F)F)CC(=O)N2c2ccc3c(cnn3-c3ccc(F)cc3)c2)c1. The van der Waals surface area contributed by atoms with E-state index in [1.54, 1.807) is 65.5 Å². The Bertz CT molecular complexity index is 1480. The van der Waals surface area contributed by atoms with Crippen LogP contribution >= 0.6 is 0 Å². The Labute approximate surface area is 210 Å². The molecule has 1 saturated heterocycles. The number of rotatable bonds is 6. The second-order valence-electron chi connectivity index (χ2n) is 8.93. The van der Waals surface area contributed by atoms with E-state index >= 15 is 0 Å². The zero-order chi connectivity index (χ0) is 26.3. The van der Waals surface area contributed by atoms with Gasteiger partial charge >= 0.3 is 5.92 Å². The van der Waals surface area contributed by atoms with Gasteiger partial charge in [0.2, 0.25) is 5.91 Å². The van der Waals surface area contributed by atoms with Crippen molar-refractivity contribution >= 4 is 28.4 Å². The predicted octanol–water partition coefficient (Wildman–Crippen LogP) is 4.79. The maximum Gasteiger partial charge on any atom is 0.321 e. The number of nitrogens with zero attached hydrogens (tertiary/aromatic N) is 3. The second-order valence-corrected chi connectivity index (χ2v) is 8.93. The van der Waals surface area contributed by atoms with Gasteiger partial charge in [0.25, 0.3) is 5.91 Å². The summed E-state index contributed by atoms with van der Waals surface area (Å²) in [5, 5.41) is 7.47. The van der Waals surface area contributed by atoms with Gasteiger partial charge in [-0.2, -0.15) is 13.9 Å². The Kier molecular flexibility index (Phi) is 6.10. The fourth-order valence-corrected chi connectivity index (χ4v) is 4.63. The molecule has 0 radical (unpaired) electrons. The summed E-state index contributed by atoms with van der Waals surface area (Å²) in [5.74, 6) is -5.21. The van der Waals surface area contributed by atoms with E-state index in [4.69, 9.17) is 4.74 Å². The summed E-state index contributed by atoms with van der Waals surface area (Å²) in [7, 11) is 1.50. The first-order chi connectivity index (χ1) is 17.7. The van der Waals surface area contributed by atoms with Crippen LogP contribution in [-0.2, 0) is 9.59 Å². The molecule has 0 aliphatic carbocycles. The zero-order valence-corrected chi connectivity index (χ0v) is 20.0. The van der Waals surface area contributed by atoms with Crippen LogP contribution in [0.1, 0.15) is 24.9 Å². The molecule has 3 aromatic carbocycles. The van der Waals surface area contributed by atoms with Gasteiger partial charge < -0.3 is 15.0 Å². The highest BCUT2D eigenvalue weighted by atomic mass is 19.3. The highest BCUT2D eigenvalue weighted by Crippen LogP contribution is 2.40. The molecule has 0 saturated carbocycles. The Hall–Kier alpha value is -4.34. The average molecular weight is 509 g/mol. The largest absolute Gasteiger partial charge is 0.497 e. The first-order valence-electron chi connectivity index (χ1n) is 11.5. The summed E-state index contributed by atoms with van der Waals surface area (Å²) >= 11 is 0. The molecule has 7 nitrogen and oxygen atoms in total. The predicted molar refractivity (Wildman–Crippen MR) is 131 cm³/mol. The zero-order valence-electron chi connectivity index (χ0n) is 20.0. The van der Waals surface area contributed by atoms with Gasteiger partial charge in [-0.3, -0.25) is 9.59 Å². The molecule has 2 atom stereocenters. The minimum atomic E-state index is -3.59. The van der Waals surface area contributed by atoms with Gasteiger partial charge in [-0.25, -0.2) is 9.07 Å². The fourth-order valence-electron chi connectivity index (χ4n) is 4.63. The maximum absolute atomic E-state index is 13.7. The number of carbonyl (C=O) groups excluding carboxylic acids is 2. The topological polar surface area (TPSA) is 76.5 Å². The van der Waals surface area contributed by atoms with E-state index in [1.165, 1.54) is 24.1 Å². The number of halogens is 3. The second kappa shape index (κ2) is 9.27. The summed E-state index contributed by atoms with van der Waals surface area (Å²) in [6.07, 6.45) is 1.47. The number of alkyl halides is 2. The van der Waals surface area contributed by atoms with E-state index in [2.05, 4.69) is 10.4 Å². The van der Waals surface area contributed by atoms with Gasteiger partial charge in [0, 0.05) is 24.4 Å². The highest BCUT2D eigenvalue weighted by molar-refractivity contribution is 6.00. The number of amides is 2. The van der Waals surface area contributed by atoms with Crippen molar-refractivity contribution in [2.24, 2.45) is 0 Å². The summed E-state index contributed by atoms with van der Waals surface area (Å²) in [4.78, 5) is 26.9. The van der Waals surface area contributed by atoms with Crippen molar-refractivity contribution in [3.8, 4) is 11.4 Å². The van der Waals surface area contributed by atoms with E-state index in [0.717, 1.165) is 5.52 Å². The fraction of sp³-hybridized carbons (Fsp3) is 0.222. The molecule has 1 aliphatic heterocycles. The normalized spacial score (nSPS) is 17.9. The van der Waals surface area contributed by atoms with Crippen LogP contribution in [-0.4, -0.2) is 40.7 Å². The van der Waals surface area contributed by atoms with Crippen LogP contribution in [0.5, 0.6) is 5.75 Å². The van der Waals surface area contributed by atoms with Gasteiger partial charge in [0.1, 0.15) is 11.6 Å². The number of aromatic nitrogens is 2. The number of hydrogen-bond acceptors (Lipinski definition) is 4. The molecule has 4 aromatic rings. The van der Waals surface area contributed by atoms with E-state index in [9.17, 15) is 22.8 Å². The van der Waals surface area contributed by atoms with Crippen molar-refractivity contribution in [3.05, 3.63) is 84.3 Å². The Balaban J connectivity index is 1.56. The van der Waals surface area contributed by atoms with E-state index in [1.807, 2.05) is 0 Å². The third-order valence-electron chi connectivity index (χ3n) is 6.37. The van der Waals surface area contributed by atoms with Gasteiger partial charge in [0.15, 0.2) is 0 Å². The van der Waals surface area contributed by atoms with Crippen LogP contribution in [0.3, 0.4) is 0 Å². The van der Waals surface area contributed by atoms with Crippen LogP contribution in [0.2, 0.25) is 0 Å². The lowest BCUT2D eigenvalue weighted by atomic mass is 9.99. The number of carbonyl (C=O) groups is 2. The van der Waals surface area contributed by atoms with E-state index in [-0.39, 0.29) is 18.1 Å². The number of anilines is 1. The monoisotopic (exact) mass is 508 g/mol. The van der Waals surface area contributed by atoms with Crippen molar-refractivity contribution in [2.75, 3.05) is 12.0 Å². The first kappa shape index (κ1) is 24.4. The molecule has 2 amide bonds. The number of benzene rings is 3. The molecule has 0 bridgehead atoms. The Morgan fingerprint density at radius 1 is 1.08 bits per heavy atom. The van der Waals surface area contributed by atoms with Gasteiger partial charge in [0.05, 0.1) is 36.6 Å². The number of fused-ring (bicyclic) bond motifs is 1. The lowest BCUT2D eigenvalue weighted by molar-refractivity contribution is -0.143. The summed E-state index contributed by atoms with van der Waals surface area (Å²) in [6, 6.07) is 16.5. The lowest BCUT2D eigenvalue weighted by Gasteiger charge is -2.30. The Morgan fingerprint density at radius 3 is 2.51 bits per heavy atom. The summed E-state index contributed by atoms with van der Waals surface area (Å²) < 4.78 is 47.8. The standard InChI is InChI=1S/C27H23F3N4O3/c1-27(29,30)26(36)32-22-14-24(35)33(25(22)16-4-3-5-21(13-16)37-2)20-10-11-23-17(12-20)15-31-34(23)19-8-6-18(28)7-9-19/h3-13,15,22,25H,14H2,1-2H3,(H,32,36)/t22-,25+/m0/s1. The quantitative estimate of drug-likeness (QED) is 0.406. The molecule has 1 N–H and O–H groups in total. The van der Waals surface area contributed by atoms with Crippen molar-refractivity contribution in [3.63, 3.8) is 0 Å². The van der Waals surface area contributed by atoms with Crippen LogP contribution in [0, 0.1) is 5.82 Å². The van der Waals surface area contributed by atoms with E-state index < -0.39 is 23.9 Å². The molecule has 190 valence electrons. The molecule has 1 aromatic heterocycles. The molecule has 10 heteroatoms. The number of methoxy groups -OCH3 is 1. The average Bonchev–Trinajstić information content (AvgIpc) is 3.44. The molecule has 5 rings (SSSR count). The van der Waals surface area contributed by atoms with Crippen molar-refractivity contribution < 1.29 is 27.5 Å². The smallest absolute Gasteiger partial charge is 0.321 e.